The third-order valence-electron chi connectivity index (χ3n) is 4.48. The maximum Gasteiger partial charge on any atom is 0.241 e. The molecule has 11 nitrogen and oxygen atoms in total. The number of benzene rings is 1. The number of sulfonamides is 1. The Labute approximate surface area is 171 Å². The summed E-state index contributed by atoms with van der Waals surface area (Å²) in [5.41, 5.74) is 0.648. The van der Waals surface area contributed by atoms with Crippen LogP contribution in [0.15, 0.2) is 29.2 Å². The highest BCUT2D eigenvalue weighted by molar-refractivity contribution is 7.89. The number of morpholine rings is 1. The fourth-order valence-electron chi connectivity index (χ4n) is 3.01. The number of aryl methyl sites for hydroxylation is 1. The number of anilines is 1. The lowest BCUT2D eigenvalue weighted by atomic mass is 10.2. The van der Waals surface area contributed by atoms with E-state index in [-0.39, 0.29) is 22.8 Å². The van der Waals surface area contributed by atoms with Crippen molar-refractivity contribution in [3.8, 4) is 11.4 Å². The molecule has 3 heterocycles. The summed E-state index contributed by atoms with van der Waals surface area (Å²) in [5, 5.41) is 13.0. The van der Waals surface area contributed by atoms with E-state index in [1.165, 1.54) is 0 Å². The van der Waals surface area contributed by atoms with Gasteiger partial charge in [0.25, 0.3) is 0 Å². The first-order valence-electron chi connectivity index (χ1n) is 9.13. The maximum atomic E-state index is 14.1. The number of rotatable bonds is 6. The molecular weight excluding hydrogens is 415 g/mol. The van der Waals surface area contributed by atoms with E-state index in [9.17, 15) is 12.8 Å². The van der Waals surface area contributed by atoms with Gasteiger partial charge in [0.1, 0.15) is 17.5 Å². The second-order valence-corrected chi connectivity index (χ2v) is 8.35. The Morgan fingerprint density at radius 3 is 2.77 bits per heavy atom. The Bertz CT molecular complexity index is 1130. The topological polar surface area (TPSA) is 139 Å². The molecule has 30 heavy (non-hydrogen) atoms. The molecule has 2 aromatic heterocycles. The molecule has 1 aliphatic heterocycles. The van der Waals surface area contributed by atoms with Crippen LogP contribution in [0.25, 0.3) is 11.4 Å². The molecule has 0 amide bonds. The van der Waals surface area contributed by atoms with E-state index in [1.54, 1.807) is 0 Å². The molecule has 13 heteroatoms. The number of ether oxygens (including phenoxy) is 1. The zero-order valence-electron chi connectivity index (χ0n) is 16.0. The Kier molecular flexibility index (Phi) is 5.65. The minimum absolute atomic E-state index is 0.0401. The minimum atomic E-state index is -3.96. The number of nitrogens with one attached hydrogen (secondary N) is 2. The molecule has 0 spiro atoms. The zero-order valence-corrected chi connectivity index (χ0v) is 16.9. The molecule has 0 bridgehead atoms. The molecule has 0 aliphatic carbocycles. The van der Waals surface area contributed by atoms with Gasteiger partial charge in [-0.15, -0.1) is 10.2 Å². The molecule has 0 atom stereocenters. The summed E-state index contributed by atoms with van der Waals surface area (Å²) in [7, 11) is -3.96. The molecule has 4 rings (SSSR count). The van der Waals surface area contributed by atoms with Gasteiger partial charge < -0.3 is 9.64 Å². The highest BCUT2D eigenvalue weighted by Gasteiger charge is 2.20. The van der Waals surface area contributed by atoms with Crippen molar-refractivity contribution in [3.63, 3.8) is 0 Å². The lowest BCUT2D eigenvalue weighted by molar-refractivity contribution is 0.122. The van der Waals surface area contributed by atoms with E-state index in [1.807, 2.05) is 13.0 Å². The van der Waals surface area contributed by atoms with Gasteiger partial charge in [-0.05, 0) is 30.3 Å². The second-order valence-electron chi connectivity index (χ2n) is 6.58. The molecule has 1 aliphatic rings. The smallest absolute Gasteiger partial charge is 0.241 e. The van der Waals surface area contributed by atoms with Crippen LogP contribution in [-0.4, -0.2) is 65.3 Å². The van der Waals surface area contributed by atoms with Gasteiger partial charge in [0.15, 0.2) is 0 Å². The van der Waals surface area contributed by atoms with Crippen LogP contribution in [0.5, 0.6) is 0 Å². The molecular formula is C17H19FN8O3S. The number of hydrogen-bond donors (Lipinski definition) is 2. The molecule has 1 saturated heterocycles. The Balaban J connectivity index is 1.53. The largest absolute Gasteiger partial charge is 0.378 e. The second kappa shape index (κ2) is 8.38. The Morgan fingerprint density at radius 2 is 2.03 bits per heavy atom. The standard InChI is InChI=1S/C17H19FN8O3S/c1-11-8-16(26-4-6-29-7-5-26)21-15(20-11)10-19-30(27,28)12-2-3-14(18)13(9-12)17-22-24-25-23-17/h2-3,8-9,19H,4-7,10H2,1H3,(H,22,23,24,25). The van der Waals surface area contributed by atoms with Crippen LogP contribution in [0.4, 0.5) is 10.2 Å². The van der Waals surface area contributed by atoms with Gasteiger partial charge in [0, 0.05) is 24.8 Å². The monoisotopic (exact) mass is 434 g/mol. The highest BCUT2D eigenvalue weighted by Crippen LogP contribution is 2.22. The number of hydrogen-bond acceptors (Lipinski definition) is 9. The number of aromatic amines is 1. The summed E-state index contributed by atoms with van der Waals surface area (Å²) in [6, 6.07) is 5.21. The molecule has 0 unspecified atom stereocenters. The third kappa shape index (κ3) is 4.42. The van der Waals surface area contributed by atoms with Crippen molar-refractivity contribution in [1.82, 2.24) is 35.3 Å². The van der Waals surface area contributed by atoms with Crippen molar-refractivity contribution in [2.75, 3.05) is 31.2 Å². The summed E-state index contributed by atoms with van der Waals surface area (Å²) in [6.45, 7) is 4.33. The van der Waals surface area contributed by atoms with Crippen LogP contribution in [-0.2, 0) is 21.3 Å². The van der Waals surface area contributed by atoms with E-state index in [0.717, 1.165) is 29.7 Å². The van der Waals surface area contributed by atoms with Crippen LogP contribution < -0.4 is 9.62 Å². The highest BCUT2D eigenvalue weighted by atomic mass is 32.2. The van der Waals surface area contributed by atoms with E-state index in [4.69, 9.17) is 4.74 Å². The molecule has 1 fully saturated rings. The molecule has 0 radical (unpaired) electrons. The van der Waals surface area contributed by atoms with Crippen molar-refractivity contribution in [3.05, 3.63) is 41.6 Å². The zero-order chi connectivity index (χ0) is 21.1. The molecule has 2 N–H and O–H groups in total. The summed E-state index contributed by atoms with van der Waals surface area (Å²) in [5.74, 6) is 0.357. The predicted octanol–water partition coefficient (Wildman–Crippen LogP) is 0.419. The van der Waals surface area contributed by atoms with Gasteiger partial charge in [-0.25, -0.2) is 27.5 Å². The van der Waals surface area contributed by atoms with Crippen molar-refractivity contribution >= 4 is 15.8 Å². The first kappa shape index (κ1) is 20.3. The molecule has 1 aromatic carbocycles. The number of aromatic nitrogens is 6. The summed E-state index contributed by atoms with van der Waals surface area (Å²) >= 11 is 0. The van der Waals surface area contributed by atoms with Crippen LogP contribution in [0, 0.1) is 12.7 Å². The SMILES string of the molecule is Cc1cc(N2CCOCC2)nc(CNS(=O)(=O)c2ccc(F)c(-c3nn[nH]n3)c2)n1. The molecule has 3 aromatic rings. The van der Waals surface area contributed by atoms with Crippen LogP contribution in [0.2, 0.25) is 0 Å². The van der Waals surface area contributed by atoms with E-state index in [0.29, 0.717) is 32.1 Å². The fraction of sp³-hybridized carbons (Fsp3) is 0.353. The molecule has 0 saturated carbocycles. The van der Waals surface area contributed by atoms with Gasteiger partial charge in [0.2, 0.25) is 15.8 Å². The maximum absolute atomic E-state index is 14.1. The number of nitrogens with zero attached hydrogens (tertiary/aromatic N) is 6. The quantitative estimate of drug-likeness (QED) is 0.565. The number of tetrazole rings is 1. The van der Waals surface area contributed by atoms with Gasteiger partial charge in [-0.3, -0.25) is 0 Å². The Morgan fingerprint density at radius 1 is 1.23 bits per heavy atom. The normalized spacial score (nSPS) is 14.8. The third-order valence-corrected chi connectivity index (χ3v) is 5.88. The number of halogens is 1. The van der Waals surface area contributed by atoms with E-state index < -0.39 is 15.8 Å². The van der Waals surface area contributed by atoms with Crippen molar-refractivity contribution in [2.24, 2.45) is 0 Å². The molecule has 158 valence electrons. The van der Waals surface area contributed by atoms with Gasteiger partial charge in [0.05, 0.1) is 30.2 Å². The van der Waals surface area contributed by atoms with Crippen LogP contribution >= 0.6 is 0 Å². The van der Waals surface area contributed by atoms with E-state index in [2.05, 4.69) is 40.2 Å². The van der Waals surface area contributed by atoms with Crippen molar-refractivity contribution < 1.29 is 17.5 Å². The van der Waals surface area contributed by atoms with E-state index >= 15 is 0 Å². The minimum Gasteiger partial charge on any atom is -0.378 e. The lowest BCUT2D eigenvalue weighted by Gasteiger charge is -2.28. The van der Waals surface area contributed by atoms with Gasteiger partial charge in [-0.2, -0.15) is 5.21 Å². The van der Waals surface area contributed by atoms with Gasteiger partial charge in [-0.1, -0.05) is 0 Å². The first-order valence-corrected chi connectivity index (χ1v) is 10.6. The van der Waals surface area contributed by atoms with Crippen molar-refractivity contribution in [1.29, 1.82) is 0 Å². The summed E-state index contributed by atoms with van der Waals surface area (Å²) in [4.78, 5) is 10.7. The summed E-state index contributed by atoms with van der Waals surface area (Å²) < 4.78 is 47.3. The average Bonchev–Trinajstić information content (AvgIpc) is 3.27. The fourth-order valence-corrected chi connectivity index (χ4v) is 4.01. The summed E-state index contributed by atoms with van der Waals surface area (Å²) in [6.07, 6.45) is 0. The lowest BCUT2D eigenvalue weighted by Crippen LogP contribution is -2.37. The van der Waals surface area contributed by atoms with Crippen LogP contribution in [0.1, 0.15) is 11.5 Å². The van der Waals surface area contributed by atoms with Gasteiger partial charge >= 0.3 is 0 Å². The first-order chi connectivity index (χ1) is 14.4. The van der Waals surface area contributed by atoms with Crippen LogP contribution in [0.3, 0.4) is 0 Å². The van der Waals surface area contributed by atoms with Crippen molar-refractivity contribution in [2.45, 2.75) is 18.4 Å². The Hall–Kier alpha value is -3.03. The predicted molar refractivity (Wildman–Crippen MR) is 103 cm³/mol. The number of H-pyrrole nitrogens is 1. The average molecular weight is 434 g/mol.